The lowest BCUT2D eigenvalue weighted by molar-refractivity contribution is 0.0711. The Morgan fingerprint density at radius 3 is 2.69 bits per heavy atom. The van der Waals surface area contributed by atoms with Crippen molar-refractivity contribution in [1.82, 2.24) is 4.90 Å². The highest BCUT2D eigenvalue weighted by atomic mass is 16.5. The number of ether oxygens (including phenoxy) is 1. The van der Waals surface area contributed by atoms with Crippen LogP contribution in [0.15, 0.2) is 0 Å². The van der Waals surface area contributed by atoms with Gasteiger partial charge in [0.25, 0.3) is 0 Å². The van der Waals surface area contributed by atoms with Gasteiger partial charge in [0.1, 0.15) is 0 Å². The highest BCUT2D eigenvalue weighted by molar-refractivity contribution is 4.70. The zero-order chi connectivity index (χ0) is 9.68. The quantitative estimate of drug-likeness (QED) is 0.650. The van der Waals surface area contributed by atoms with Gasteiger partial charge in [0, 0.05) is 19.7 Å². The van der Waals surface area contributed by atoms with Crippen LogP contribution in [0, 0.1) is 5.92 Å². The van der Waals surface area contributed by atoms with Crippen LogP contribution in [0.5, 0.6) is 0 Å². The maximum Gasteiger partial charge on any atom is 0.0702 e. The van der Waals surface area contributed by atoms with Crippen LogP contribution in [0.4, 0.5) is 0 Å². The average Bonchev–Trinajstić information content (AvgIpc) is 2.55. The zero-order valence-electron chi connectivity index (χ0n) is 9.25. The van der Waals surface area contributed by atoms with Gasteiger partial charge in [-0.25, -0.2) is 0 Å². The lowest BCUT2D eigenvalue weighted by Gasteiger charge is -2.25. The average molecular weight is 185 g/mol. The van der Waals surface area contributed by atoms with Gasteiger partial charge in [0.2, 0.25) is 0 Å². The first-order valence-corrected chi connectivity index (χ1v) is 5.56. The second kappa shape index (κ2) is 5.61. The molecule has 1 rings (SSSR count). The molecule has 0 aromatic rings. The van der Waals surface area contributed by atoms with Crippen molar-refractivity contribution in [1.29, 1.82) is 0 Å². The molecule has 0 saturated carbocycles. The molecule has 2 heteroatoms. The van der Waals surface area contributed by atoms with E-state index in [9.17, 15) is 0 Å². The van der Waals surface area contributed by atoms with Crippen LogP contribution in [-0.2, 0) is 4.74 Å². The van der Waals surface area contributed by atoms with E-state index in [1.165, 1.54) is 19.4 Å². The Labute approximate surface area is 82.3 Å². The molecule has 1 aliphatic heterocycles. The van der Waals surface area contributed by atoms with E-state index < -0.39 is 0 Å². The Morgan fingerprint density at radius 1 is 1.46 bits per heavy atom. The van der Waals surface area contributed by atoms with Gasteiger partial charge in [-0.15, -0.1) is 0 Å². The third kappa shape index (κ3) is 4.10. The lowest BCUT2D eigenvalue weighted by atomic mass is 10.2. The van der Waals surface area contributed by atoms with Gasteiger partial charge < -0.3 is 9.64 Å². The van der Waals surface area contributed by atoms with Crippen molar-refractivity contribution < 1.29 is 4.74 Å². The molecule has 1 aliphatic rings. The summed E-state index contributed by atoms with van der Waals surface area (Å²) in [6.45, 7) is 11.3. The molecule has 1 saturated heterocycles. The molecule has 0 spiro atoms. The van der Waals surface area contributed by atoms with Gasteiger partial charge in [-0.2, -0.15) is 0 Å². The first-order chi connectivity index (χ1) is 6.22. The Morgan fingerprint density at radius 2 is 2.23 bits per heavy atom. The van der Waals surface area contributed by atoms with E-state index in [2.05, 4.69) is 25.7 Å². The predicted octanol–water partition coefficient (Wildman–Crippen LogP) is 2.14. The van der Waals surface area contributed by atoms with E-state index in [0.717, 1.165) is 25.6 Å². The smallest absolute Gasteiger partial charge is 0.0702 e. The molecule has 0 amide bonds. The molecule has 1 fully saturated rings. The third-order valence-corrected chi connectivity index (χ3v) is 2.56. The molecule has 0 N–H and O–H groups in total. The minimum absolute atomic E-state index is 0.513. The zero-order valence-corrected chi connectivity index (χ0v) is 9.25. The molecule has 0 bridgehead atoms. The molecule has 2 nitrogen and oxygen atoms in total. The Bertz CT molecular complexity index is 130. The molecular weight excluding hydrogens is 162 g/mol. The SMILES string of the molecule is CCN(CC(C)C)CC1CCCO1. The van der Waals surface area contributed by atoms with Gasteiger partial charge in [-0.3, -0.25) is 0 Å². The number of rotatable bonds is 5. The first-order valence-electron chi connectivity index (χ1n) is 5.56. The summed E-state index contributed by atoms with van der Waals surface area (Å²) in [5.74, 6) is 0.765. The van der Waals surface area contributed by atoms with Gasteiger partial charge in [0.05, 0.1) is 6.10 Å². The molecule has 1 atom stereocenters. The second-order valence-electron chi connectivity index (χ2n) is 4.38. The summed E-state index contributed by atoms with van der Waals surface area (Å²) in [7, 11) is 0. The van der Waals surface area contributed by atoms with Crippen LogP contribution < -0.4 is 0 Å². The highest BCUT2D eigenvalue weighted by Crippen LogP contribution is 2.13. The molecule has 13 heavy (non-hydrogen) atoms. The van der Waals surface area contributed by atoms with E-state index >= 15 is 0 Å². The van der Waals surface area contributed by atoms with Crippen molar-refractivity contribution in [3.05, 3.63) is 0 Å². The number of nitrogens with zero attached hydrogens (tertiary/aromatic N) is 1. The summed E-state index contributed by atoms with van der Waals surface area (Å²) in [6, 6.07) is 0. The number of likely N-dealkylation sites (N-methyl/N-ethyl adjacent to an activating group) is 1. The molecule has 0 aromatic heterocycles. The fraction of sp³-hybridized carbons (Fsp3) is 1.00. The largest absolute Gasteiger partial charge is 0.377 e. The maximum atomic E-state index is 5.63. The van der Waals surface area contributed by atoms with Crippen LogP contribution in [0.1, 0.15) is 33.6 Å². The Balaban J connectivity index is 2.21. The van der Waals surface area contributed by atoms with Crippen molar-refractivity contribution in [3.63, 3.8) is 0 Å². The topological polar surface area (TPSA) is 12.5 Å². The molecule has 0 radical (unpaired) electrons. The first kappa shape index (κ1) is 11.0. The summed E-state index contributed by atoms with van der Waals surface area (Å²) in [6.07, 6.45) is 3.03. The van der Waals surface area contributed by atoms with Crippen molar-refractivity contribution in [3.8, 4) is 0 Å². The molecule has 0 aromatic carbocycles. The number of hydrogen-bond acceptors (Lipinski definition) is 2. The van der Waals surface area contributed by atoms with Crippen LogP contribution >= 0.6 is 0 Å². The molecular formula is C11H23NO. The summed E-state index contributed by atoms with van der Waals surface area (Å²) in [5.41, 5.74) is 0. The van der Waals surface area contributed by atoms with Crippen molar-refractivity contribution in [2.24, 2.45) is 5.92 Å². The van der Waals surface area contributed by atoms with E-state index in [-0.39, 0.29) is 0 Å². The second-order valence-corrected chi connectivity index (χ2v) is 4.38. The maximum absolute atomic E-state index is 5.63. The fourth-order valence-electron chi connectivity index (χ4n) is 1.93. The molecule has 1 unspecified atom stereocenters. The van der Waals surface area contributed by atoms with Crippen LogP contribution in [0.2, 0.25) is 0 Å². The Hall–Kier alpha value is -0.0800. The minimum Gasteiger partial charge on any atom is -0.377 e. The van der Waals surface area contributed by atoms with Crippen LogP contribution in [0.3, 0.4) is 0 Å². The fourth-order valence-corrected chi connectivity index (χ4v) is 1.93. The van der Waals surface area contributed by atoms with E-state index in [0.29, 0.717) is 6.10 Å². The molecule has 1 heterocycles. The van der Waals surface area contributed by atoms with E-state index in [4.69, 9.17) is 4.74 Å². The summed E-state index contributed by atoms with van der Waals surface area (Å²) < 4.78 is 5.63. The summed E-state index contributed by atoms with van der Waals surface area (Å²) >= 11 is 0. The van der Waals surface area contributed by atoms with E-state index in [1.54, 1.807) is 0 Å². The molecule has 0 aliphatic carbocycles. The van der Waals surface area contributed by atoms with Crippen LogP contribution in [-0.4, -0.2) is 37.2 Å². The standard InChI is InChI=1S/C11H23NO/c1-4-12(8-10(2)3)9-11-6-5-7-13-11/h10-11H,4-9H2,1-3H3. The molecule has 78 valence electrons. The monoisotopic (exact) mass is 185 g/mol. The van der Waals surface area contributed by atoms with Crippen LogP contribution in [0.25, 0.3) is 0 Å². The number of hydrogen-bond donors (Lipinski definition) is 0. The van der Waals surface area contributed by atoms with E-state index in [1.807, 2.05) is 0 Å². The van der Waals surface area contributed by atoms with Gasteiger partial charge in [-0.1, -0.05) is 20.8 Å². The lowest BCUT2D eigenvalue weighted by Crippen LogP contribution is -2.34. The van der Waals surface area contributed by atoms with Gasteiger partial charge >= 0.3 is 0 Å². The van der Waals surface area contributed by atoms with Crippen molar-refractivity contribution >= 4 is 0 Å². The van der Waals surface area contributed by atoms with Crippen molar-refractivity contribution in [2.75, 3.05) is 26.2 Å². The predicted molar refractivity (Wildman–Crippen MR) is 55.9 cm³/mol. The van der Waals surface area contributed by atoms with Gasteiger partial charge in [-0.05, 0) is 25.3 Å². The van der Waals surface area contributed by atoms with Crippen molar-refractivity contribution in [2.45, 2.75) is 39.7 Å². The highest BCUT2D eigenvalue weighted by Gasteiger charge is 2.18. The summed E-state index contributed by atoms with van der Waals surface area (Å²) in [4.78, 5) is 2.50. The van der Waals surface area contributed by atoms with Gasteiger partial charge in [0.15, 0.2) is 0 Å². The normalized spacial score (nSPS) is 23.3. The summed E-state index contributed by atoms with van der Waals surface area (Å²) in [5, 5.41) is 0. The Kier molecular flexibility index (Phi) is 4.74. The minimum atomic E-state index is 0.513. The third-order valence-electron chi connectivity index (χ3n) is 2.56.